The smallest absolute Gasteiger partial charge is 0.303 e. The maximum absolute atomic E-state index is 10.6. The first kappa shape index (κ1) is 15.2. The average Bonchev–Trinajstić information content (AvgIpc) is 2.63. The van der Waals surface area contributed by atoms with Gasteiger partial charge in [-0.3, -0.25) is 4.79 Å². The molecule has 0 saturated heterocycles. The van der Waals surface area contributed by atoms with E-state index in [9.17, 15) is 4.79 Å². The highest BCUT2D eigenvalue weighted by atomic mass is 32.1. The van der Waals surface area contributed by atoms with Gasteiger partial charge in [-0.05, 0) is 36.4 Å². The summed E-state index contributed by atoms with van der Waals surface area (Å²) in [6, 6.07) is 2.15. The molecule has 0 spiro atoms. The molecule has 3 nitrogen and oxygen atoms in total. The van der Waals surface area contributed by atoms with Gasteiger partial charge in [-0.1, -0.05) is 20.8 Å². The topological polar surface area (TPSA) is 49.3 Å². The van der Waals surface area contributed by atoms with Crippen molar-refractivity contribution in [2.75, 3.05) is 13.1 Å². The van der Waals surface area contributed by atoms with Crippen molar-refractivity contribution in [2.24, 2.45) is 5.92 Å². The zero-order chi connectivity index (χ0) is 13.8. The fourth-order valence-corrected chi connectivity index (χ4v) is 3.20. The molecule has 0 saturated carbocycles. The molecule has 0 amide bonds. The Labute approximate surface area is 113 Å². The van der Waals surface area contributed by atoms with Crippen molar-refractivity contribution in [3.8, 4) is 0 Å². The van der Waals surface area contributed by atoms with Crippen LogP contribution in [-0.2, 0) is 10.2 Å². The molecule has 0 aliphatic carbocycles. The Morgan fingerprint density at radius 1 is 1.56 bits per heavy atom. The van der Waals surface area contributed by atoms with Crippen LogP contribution in [0.5, 0.6) is 0 Å². The van der Waals surface area contributed by atoms with Crippen molar-refractivity contribution in [1.82, 2.24) is 5.32 Å². The van der Waals surface area contributed by atoms with Gasteiger partial charge in [0, 0.05) is 23.3 Å². The Balaban J connectivity index is 2.43. The molecule has 0 aliphatic heterocycles. The van der Waals surface area contributed by atoms with Gasteiger partial charge in [-0.25, -0.2) is 0 Å². The van der Waals surface area contributed by atoms with Crippen LogP contribution in [0.4, 0.5) is 0 Å². The second kappa shape index (κ2) is 6.34. The highest BCUT2D eigenvalue weighted by Crippen LogP contribution is 2.30. The first-order valence-corrected chi connectivity index (χ1v) is 7.18. The molecule has 1 aromatic rings. The molecule has 0 bridgehead atoms. The molecule has 1 aromatic heterocycles. The number of thiophene rings is 1. The van der Waals surface area contributed by atoms with Gasteiger partial charge in [0.05, 0.1) is 0 Å². The Bertz CT molecular complexity index is 398. The zero-order valence-electron chi connectivity index (χ0n) is 11.6. The van der Waals surface area contributed by atoms with Crippen molar-refractivity contribution in [3.05, 3.63) is 21.9 Å². The summed E-state index contributed by atoms with van der Waals surface area (Å²) in [5.41, 5.74) is 1.44. The Morgan fingerprint density at radius 3 is 2.72 bits per heavy atom. The second-order valence-corrected chi connectivity index (χ2v) is 6.57. The number of aliphatic carboxylic acids is 1. The van der Waals surface area contributed by atoms with E-state index in [0.717, 1.165) is 13.1 Å². The van der Waals surface area contributed by atoms with E-state index in [-0.39, 0.29) is 17.8 Å². The SMILES string of the molecule is Cc1ccsc1C(C)(C)CNCC(C)CC(=O)O. The van der Waals surface area contributed by atoms with Gasteiger partial charge in [-0.2, -0.15) is 0 Å². The lowest BCUT2D eigenvalue weighted by atomic mass is 9.89. The van der Waals surface area contributed by atoms with Gasteiger partial charge in [0.25, 0.3) is 0 Å². The van der Waals surface area contributed by atoms with Gasteiger partial charge >= 0.3 is 5.97 Å². The minimum Gasteiger partial charge on any atom is -0.481 e. The highest BCUT2D eigenvalue weighted by Gasteiger charge is 2.23. The van der Waals surface area contributed by atoms with Crippen LogP contribution in [0.3, 0.4) is 0 Å². The van der Waals surface area contributed by atoms with E-state index in [1.54, 1.807) is 11.3 Å². The number of nitrogens with one attached hydrogen (secondary N) is 1. The van der Waals surface area contributed by atoms with E-state index in [0.29, 0.717) is 0 Å². The third kappa shape index (κ3) is 4.42. The fraction of sp³-hybridized carbons (Fsp3) is 0.643. The van der Waals surface area contributed by atoms with Crippen LogP contribution in [0.1, 0.15) is 37.6 Å². The summed E-state index contributed by atoms with van der Waals surface area (Å²) >= 11 is 1.79. The van der Waals surface area contributed by atoms with Crippen molar-refractivity contribution in [1.29, 1.82) is 0 Å². The molecule has 1 rings (SSSR count). The predicted molar refractivity (Wildman–Crippen MR) is 76.4 cm³/mol. The van der Waals surface area contributed by atoms with Crippen LogP contribution in [0.15, 0.2) is 11.4 Å². The number of hydrogen-bond donors (Lipinski definition) is 2. The standard InChI is InChI=1S/C14H23NO2S/c1-10(7-12(16)17)8-15-9-14(3,4)13-11(2)5-6-18-13/h5-6,10,15H,7-9H2,1-4H3,(H,16,17). The minimum atomic E-state index is -0.724. The third-order valence-electron chi connectivity index (χ3n) is 3.06. The van der Waals surface area contributed by atoms with Crippen LogP contribution >= 0.6 is 11.3 Å². The molecule has 1 unspecified atom stereocenters. The van der Waals surface area contributed by atoms with E-state index >= 15 is 0 Å². The molecule has 0 fully saturated rings. The number of hydrogen-bond acceptors (Lipinski definition) is 3. The van der Waals surface area contributed by atoms with E-state index in [1.165, 1.54) is 10.4 Å². The molecule has 2 N–H and O–H groups in total. The molecular formula is C14H23NO2S. The maximum atomic E-state index is 10.6. The van der Waals surface area contributed by atoms with Crippen LogP contribution < -0.4 is 5.32 Å². The molecular weight excluding hydrogens is 246 g/mol. The lowest BCUT2D eigenvalue weighted by molar-refractivity contribution is -0.137. The van der Waals surface area contributed by atoms with E-state index in [1.807, 2.05) is 6.92 Å². The highest BCUT2D eigenvalue weighted by molar-refractivity contribution is 7.10. The molecule has 0 aromatic carbocycles. The van der Waals surface area contributed by atoms with Crippen LogP contribution in [-0.4, -0.2) is 24.2 Å². The number of aryl methyl sites for hydroxylation is 1. The van der Waals surface area contributed by atoms with Crippen LogP contribution in [0, 0.1) is 12.8 Å². The van der Waals surface area contributed by atoms with Crippen molar-refractivity contribution in [3.63, 3.8) is 0 Å². The molecule has 18 heavy (non-hydrogen) atoms. The maximum Gasteiger partial charge on any atom is 0.303 e. The monoisotopic (exact) mass is 269 g/mol. The van der Waals surface area contributed by atoms with Crippen molar-refractivity contribution >= 4 is 17.3 Å². The summed E-state index contributed by atoms with van der Waals surface area (Å²) in [4.78, 5) is 12.0. The summed E-state index contributed by atoms with van der Waals surface area (Å²) in [7, 11) is 0. The molecule has 0 radical (unpaired) electrons. The first-order valence-electron chi connectivity index (χ1n) is 6.30. The molecule has 4 heteroatoms. The average molecular weight is 269 g/mol. The summed E-state index contributed by atoms with van der Waals surface area (Å²) in [5, 5.41) is 14.2. The molecule has 1 heterocycles. The summed E-state index contributed by atoms with van der Waals surface area (Å²) in [6.45, 7) is 10.2. The van der Waals surface area contributed by atoms with Crippen LogP contribution in [0.25, 0.3) is 0 Å². The lowest BCUT2D eigenvalue weighted by Gasteiger charge is -2.26. The second-order valence-electron chi connectivity index (χ2n) is 5.65. The van der Waals surface area contributed by atoms with Crippen molar-refractivity contribution < 1.29 is 9.90 Å². The number of carboxylic acid groups (broad SMARTS) is 1. The number of carbonyl (C=O) groups is 1. The van der Waals surface area contributed by atoms with Gasteiger partial charge in [0.2, 0.25) is 0 Å². The molecule has 0 aliphatic rings. The predicted octanol–water partition coefficient (Wildman–Crippen LogP) is 3.03. The normalized spacial score (nSPS) is 13.6. The van der Waals surface area contributed by atoms with Gasteiger partial charge in [-0.15, -0.1) is 11.3 Å². The largest absolute Gasteiger partial charge is 0.481 e. The Hall–Kier alpha value is -0.870. The third-order valence-corrected chi connectivity index (χ3v) is 4.44. The van der Waals surface area contributed by atoms with E-state index < -0.39 is 5.97 Å². The number of carboxylic acids is 1. The van der Waals surface area contributed by atoms with E-state index in [4.69, 9.17) is 5.11 Å². The first-order chi connectivity index (χ1) is 8.33. The zero-order valence-corrected chi connectivity index (χ0v) is 12.4. The summed E-state index contributed by atoms with van der Waals surface area (Å²) in [5.74, 6) is -0.555. The number of rotatable bonds is 7. The molecule has 1 atom stereocenters. The molecule has 102 valence electrons. The van der Waals surface area contributed by atoms with Gasteiger partial charge in [0.15, 0.2) is 0 Å². The summed E-state index contributed by atoms with van der Waals surface area (Å²) < 4.78 is 0. The van der Waals surface area contributed by atoms with Gasteiger partial charge < -0.3 is 10.4 Å². The quantitative estimate of drug-likeness (QED) is 0.800. The van der Waals surface area contributed by atoms with Crippen molar-refractivity contribution in [2.45, 2.75) is 39.5 Å². The van der Waals surface area contributed by atoms with E-state index in [2.05, 4.69) is 37.5 Å². The lowest BCUT2D eigenvalue weighted by Crippen LogP contribution is -2.35. The fourth-order valence-electron chi connectivity index (χ4n) is 2.15. The Morgan fingerprint density at radius 2 is 2.22 bits per heavy atom. The van der Waals surface area contributed by atoms with Gasteiger partial charge in [0.1, 0.15) is 0 Å². The van der Waals surface area contributed by atoms with Crippen LogP contribution in [0.2, 0.25) is 0 Å². The summed E-state index contributed by atoms with van der Waals surface area (Å²) in [6.07, 6.45) is 0.228. The minimum absolute atomic E-state index is 0.0984. The Kier molecular flexibility index (Phi) is 5.35.